The van der Waals surface area contributed by atoms with Crippen molar-refractivity contribution in [2.75, 3.05) is 19.0 Å². The van der Waals surface area contributed by atoms with Gasteiger partial charge >= 0.3 is 0 Å². The molecule has 3 nitrogen and oxygen atoms in total. The highest BCUT2D eigenvalue weighted by molar-refractivity contribution is 9.11. The van der Waals surface area contributed by atoms with E-state index >= 15 is 0 Å². The number of anilines is 1. The molecule has 0 radical (unpaired) electrons. The number of benzene rings is 2. The Hall–Kier alpha value is -1.20. The normalized spacial score (nSPS) is 10.3. The van der Waals surface area contributed by atoms with Crippen molar-refractivity contribution in [2.45, 2.75) is 13.5 Å². The van der Waals surface area contributed by atoms with Crippen LogP contribution in [0, 0.1) is 0 Å². The molecule has 0 bridgehead atoms. The summed E-state index contributed by atoms with van der Waals surface area (Å²) >= 11 is 7.02. The van der Waals surface area contributed by atoms with E-state index in [2.05, 4.69) is 43.2 Å². The monoisotopic (exact) mass is 413 g/mol. The van der Waals surface area contributed by atoms with Crippen LogP contribution in [0.3, 0.4) is 0 Å². The van der Waals surface area contributed by atoms with E-state index in [1.54, 1.807) is 7.11 Å². The van der Waals surface area contributed by atoms with Crippen molar-refractivity contribution in [3.8, 4) is 11.5 Å². The Morgan fingerprint density at radius 1 is 1.05 bits per heavy atom. The smallest absolute Gasteiger partial charge is 0.135 e. The second-order valence-electron chi connectivity index (χ2n) is 4.36. The summed E-state index contributed by atoms with van der Waals surface area (Å²) < 4.78 is 12.8. The van der Waals surface area contributed by atoms with Crippen molar-refractivity contribution in [3.05, 3.63) is 50.9 Å². The summed E-state index contributed by atoms with van der Waals surface area (Å²) in [6, 6.07) is 12.0. The summed E-state index contributed by atoms with van der Waals surface area (Å²) in [5, 5.41) is 3.40. The molecule has 0 spiro atoms. The van der Waals surface area contributed by atoms with Gasteiger partial charge in [-0.25, -0.2) is 0 Å². The molecular formula is C16H17Br2NO2. The van der Waals surface area contributed by atoms with E-state index in [9.17, 15) is 0 Å². The lowest BCUT2D eigenvalue weighted by Crippen LogP contribution is -2.04. The average molecular weight is 415 g/mol. The summed E-state index contributed by atoms with van der Waals surface area (Å²) in [5.74, 6) is 1.70. The fourth-order valence-electron chi connectivity index (χ4n) is 1.96. The van der Waals surface area contributed by atoms with E-state index in [0.717, 1.165) is 31.7 Å². The summed E-state index contributed by atoms with van der Waals surface area (Å²) in [6.07, 6.45) is 0. The quantitative estimate of drug-likeness (QED) is 0.701. The van der Waals surface area contributed by atoms with Crippen molar-refractivity contribution in [2.24, 2.45) is 0 Å². The van der Waals surface area contributed by atoms with Crippen LogP contribution in [-0.4, -0.2) is 13.7 Å². The van der Waals surface area contributed by atoms with Crippen molar-refractivity contribution < 1.29 is 9.47 Å². The highest BCUT2D eigenvalue weighted by Crippen LogP contribution is 2.35. The van der Waals surface area contributed by atoms with Gasteiger partial charge in [0.1, 0.15) is 11.5 Å². The lowest BCUT2D eigenvalue weighted by Gasteiger charge is -2.14. The van der Waals surface area contributed by atoms with Crippen LogP contribution in [0.15, 0.2) is 45.3 Å². The van der Waals surface area contributed by atoms with Crippen molar-refractivity contribution in [3.63, 3.8) is 0 Å². The highest BCUT2D eigenvalue weighted by atomic mass is 79.9. The first-order valence-corrected chi connectivity index (χ1v) is 8.22. The SMILES string of the molecule is CCOc1ccccc1CNc1cc(OC)c(Br)cc1Br. The summed E-state index contributed by atoms with van der Waals surface area (Å²) in [4.78, 5) is 0. The van der Waals surface area contributed by atoms with E-state index in [1.165, 1.54) is 0 Å². The first-order chi connectivity index (χ1) is 10.2. The van der Waals surface area contributed by atoms with E-state index in [1.807, 2.05) is 37.3 Å². The molecule has 1 N–H and O–H groups in total. The predicted molar refractivity (Wildman–Crippen MR) is 93.3 cm³/mol. The van der Waals surface area contributed by atoms with Gasteiger partial charge in [0.05, 0.1) is 23.9 Å². The van der Waals surface area contributed by atoms with Gasteiger partial charge < -0.3 is 14.8 Å². The van der Waals surface area contributed by atoms with Gasteiger partial charge in [-0.2, -0.15) is 0 Å². The number of methoxy groups -OCH3 is 1. The van der Waals surface area contributed by atoms with E-state index in [-0.39, 0.29) is 0 Å². The second kappa shape index (κ2) is 7.71. The van der Waals surface area contributed by atoms with Gasteiger partial charge in [0.25, 0.3) is 0 Å². The van der Waals surface area contributed by atoms with Crippen molar-refractivity contribution in [1.29, 1.82) is 0 Å². The maximum absolute atomic E-state index is 5.64. The van der Waals surface area contributed by atoms with Crippen molar-refractivity contribution in [1.82, 2.24) is 0 Å². The molecule has 0 aromatic heterocycles. The molecule has 0 aliphatic carbocycles. The van der Waals surface area contributed by atoms with E-state index < -0.39 is 0 Å². The Kier molecular flexibility index (Phi) is 5.94. The molecule has 0 aliphatic rings. The number of para-hydroxylation sites is 1. The standard InChI is InChI=1S/C16H17Br2NO2/c1-3-21-15-7-5-4-6-11(15)10-19-14-9-16(20-2)13(18)8-12(14)17/h4-9,19H,3,10H2,1-2H3. The number of nitrogens with one attached hydrogen (secondary N) is 1. The van der Waals surface area contributed by atoms with Crippen LogP contribution < -0.4 is 14.8 Å². The van der Waals surface area contributed by atoms with Gasteiger partial charge in [-0.15, -0.1) is 0 Å². The largest absolute Gasteiger partial charge is 0.495 e. The minimum atomic E-state index is 0.660. The number of halogens is 2. The third kappa shape index (κ3) is 4.14. The molecule has 0 unspecified atom stereocenters. The Labute approximate surface area is 141 Å². The Morgan fingerprint density at radius 2 is 1.81 bits per heavy atom. The number of rotatable bonds is 6. The van der Waals surface area contributed by atoms with Crippen LogP contribution in [0.5, 0.6) is 11.5 Å². The Morgan fingerprint density at radius 3 is 2.52 bits per heavy atom. The average Bonchev–Trinajstić information content (AvgIpc) is 2.48. The lowest BCUT2D eigenvalue weighted by atomic mass is 10.2. The van der Waals surface area contributed by atoms with Gasteiger partial charge in [0, 0.05) is 22.6 Å². The Bertz CT molecular complexity index is 617. The molecule has 0 saturated carbocycles. The van der Waals surface area contributed by atoms with E-state index in [0.29, 0.717) is 13.2 Å². The topological polar surface area (TPSA) is 30.5 Å². The minimum absolute atomic E-state index is 0.660. The lowest BCUT2D eigenvalue weighted by molar-refractivity contribution is 0.337. The maximum atomic E-state index is 5.64. The fourth-order valence-corrected chi connectivity index (χ4v) is 3.25. The van der Waals surface area contributed by atoms with Crippen LogP contribution in [0.2, 0.25) is 0 Å². The molecule has 0 amide bonds. The van der Waals surface area contributed by atoms with Gasteiger partial charge in [-0.1, -0.05) is 18.2 Å². The molecule has 0 heterocycles. The fraction of sp³-hybridized carbons (Fsp3) is 0.250. The predicted octanol–water partition coefficient (Wildman–Crippen LogP) is 5.23. The third-order valence-corrected chi connectivity index (χ3v) is 4.26. The molecule has 0 saturated heterocycles. The van der Waals surface area contributed by atoms with Crippen LogP contribution in [0.1, 0.15) is 12.5 Å². The molecule has 5 heteroatoms. The van der Waals surface area contributed by atoms with Crippen molar-refractivity contribution >= 4 is 37.5 Å². The first-order valence-electron chi connectivity index (χ1n) is 6.63. The molecule has 0 atom stereocenters. The Balaban J connectivity index is 2.17. The molecule has 112 valence electrons. The van der Waals surface area contributed by atoms with Crippen LogP contribution in [-0.2, 0) is 6.54 Å². The van der Waals surface area contributed by atoms with Crippen LogP contribution in [0.4, 0.5) is 5.69 Å². The van der Waals surface area contributed by atoms with Gasteiger partial charge in [0.2, 0.25) is 0 Å². The molecule has 2 rings (SSSR count). The minimum Gasteiger partial charge on any atom is -0.495 e. The molecular weight excluding hydrogens is 398 g/mol. The highest BCUT2D eigenvalue weighted by Gasteiger charge is 2.08. The summed E-state index contributed by atoms with van der Waals surface area (Å²) in [6.45, 7) is 3.33. The number of hydrogen-bond donors (Lipinski definition) is 1. The molecule has 0 aliphatic heterocycles. The number of ether oxygens (including phenoxy) is 2. The summed E-state index contributed by atoms with van der Waals surface area (Å²) in [5.41, 5.74) is 2.09. The number of hydrogen-bond acceptors (Lipinski definition) is 3. The zero-order valence-corrected chi connectivity index (χ0v) is 15.1. The molecule has 0 fully saturated rings. The van der Waals surface area contributed by atoms with Gasteiger partial charge in [-0.05, 0) is 50.9 Å². The second-order valence-corrected chi connectivity index (χ2v) is 6.07. The zero-order valence-electron chi connectivity index (χ0n) is 12.0. The maximum Gasteiger partial charge on any atom is 0.135 e. The van der Waals surface area contributed by atoms with Gasteiger partial charge in [-0.3, -0.25) is 0 Å². The van der Waals surface area contributed by atoms with Gasteiger partial charge in [0.15, 0.2) is 0 Å². The summed E-state index contributed by atoms with van der Waals surface area (Å²) in [7, 11) is 1.65. The zero-order chi connectivity index (χ0) is 15.2. The molecule has 21 heavy (non-hydrogen) atoms. The van der Waals surface area contributed by atoms with Crippen LogP contribution >= 0.6 is 31.9 Å². The van der Waals surface area contributed by atoms with E-state index in [4.69, 9.17) is 9.47 Å². The molecule has 2 aromatic rings. The first kappa shape index (κ1) is 16.2. The molecule has 2 aromatic carbocycles. The third-order valence-electron chi connectivity index (χ3n) is 2.98. The van der Waals surface area contributed by atoms with Crippen LogP contribution in [0.25, 0.3) is 0 Å².